The third-order valence-corrected chi connectivity index (χ3v) is 1.83. The van der Waals surface area contributed by atoms with Crippen molar-refractivity contribution < 1.29 is 19.1 Å². The highest BCUT2D eigenvalue weighted by Crippen LogP contribution is 2.24. The number of cyclic esters (lactones) is 1. The fourth-order valence-electron chi connectivity index (χ4n) is 1.07. The normalized spacial score (nSPS) is 22.8. The molecule has 1 fully saturated rings. The van der Waals surface area contributed by atoms with Gasteiger partial charge in [-0.1, -0.05) is 0 Å². The summed E-state index contributed by atoms with van der Waals surface area (Å²) in [5.74, 6) is -0.506. The number of hydrogen-bond donors (Lipinski definition) is 0. The topological polar surface area (TPSA) is 63.7 Å². The lowest BCUT2D eigenvalue weighted by atomic mass is 10.1. The minimum absolute atomic E-state index is 0.506. The van der Waals surface area contributed by atoms with Gasteiger partial charge in [-0.3, -0.25) is 9.59 Å². The van der Waals surface area contributed by atoms with Gasteiger partial charge in [0.05, 0.1) is 0 Å². The summed E-state index contributed by atoms with van der Waals surface area (Å²) in [5, 5.41) is 0. The maximum absolute atomic E-state index is 11.4. The molecule has 13 heavy (non-hydrogen) atoms. The molecule has 71 valence electrons. The van der Waals surface area contributed by atoms with Gasteiger partial charge in [-0.25, -0.2) is 9.69 Å². The monoisotopic (exact) mass is 184 g/mol. The fourth-order valence-corrected chi connectivity index (χ4v) is 1.07. The second-order valence-electron chi connectivity index (χ2n) is 3.35. The second-order valence-corrected chi connectivity index (χ2v) is 3.35. The van der Waals surface area contributed by atoms with Crippen LogP contribution in [0, 0.1) is 0 Å². The lowest BCUT2D eigenvalue weighted by Gasteiger charge is -2.15. The van der Waals surface area contributed by atoms with Crippen molar-refractivity contribution >= 4 is 18.3 Å². The van der Waals surface area contributed by atoms with E-state index < -0.39 is 23.6 Å². The van der Waals surface area contributed by atoms with Crippen molar-refractivity contribution in [2.24, 2.45) is 0 Å². The highest BCUT2D eigenvalue weighted by atomic mass is 16.6. The molecule has 0 aromatic rings. The Labute approximate surface area is 75.6 Å². The summed E-state index contributed by atoms with van der Waals surface area (Å²) in [7, 11) is 0. The molecule has 0 N–H and O–H groups in total. The first-order chi connectivity index (χ1) is 5.90. The number of ether oxygens (including phenoxy) is 1. The number of imide groups is 1. The van der Waals surface area contributed by atoms with Crippen molar-refractivity contribution in [3.05, 3.63) is 0 Å². The van der Waals surface area contributed by atoms with Crippen LogP contribution in [0.5, 0.6) is 0 Å². The van der Waals surface area contributed by atoms with E-state index in [1.807, 2.05) is 0 Å². The fraction of sp³-hybridized carbons (Fsp3) is 0.625. The van der Waals surface area contributed by atoms with Crippen LogP contribution in [0.15, 0.2) is 0 Å². The van der Waals surface area contributed by atoms with Crippen molar-refractivity contribution in [2.75, 3.05) is 0 Å². The molecular formula is C8H10NO4. The van der Waals surface area contributed by atoms with Crippen LogP contribution in [-0.2, 0) is 14.3 Å². The molecular weight excluding hydrogens is 174 g/mol. The van der Waals surface area contributed by atoms with Gasteiger partial charge in [0.15, 0.2) is 5.60 Å². The van der Waals surface area contributed by atoms with Crippen molar-refractivity contribution in [1.82, 2.24) is 4.90 Å². The molecule has 1 radical (unpaired) electrons. The summed E-state index contributed by atoms with van der Waals surface area (Å²) in [5.41, 5.74) is -1.16. The van der Waals surface area contributed by atoms with E-state index in [9.17, 15) is 14.4 Å². The van der Waals surface area contributed by atoms with E-state index in [2.05, 4.69) is 0 Å². The minimum Gasteiger partial charge on any atom is -0.433 e. The molecule has 5 heteroatoms. The molecule has 1 unspecified atom stereocenters. The van der Waals surface area contributed by atoms with Gasteiger partial charge in [-0.15, -0.1) is 0 Å². The molecule has 5 nitrogen and oxygen atoms in total. The average molecular weight is 184 g/mol. The zero-order chi connectivity index (χ0) is 10.2. The molecule has 0 aliphatic carbocycles. The van der Waals surface area contributed by atoms with Gasteiger partial charge >= 0.3 is 6.09 Å². The summed E-state index contributed by atoms with van der Waals surface area (Å²) in [6.07, 6.45) is 0.773. The summed E-state index contributed by atoms with van der Waals surface area (Å²) in [6, 6.07) is -0.887. The largest absolute Gasteiger partial charge is 0.433 e. The summed E-state index contributed by atoms with van der Waals surface area (Å²) < 4.78 is 4.76. The van der Waals surface area contributed by atoms with Crippen LogP contribution in [0.3, 0.4) is 0 Å². The molecule has 1 aliphatic heterocycles. The van der Waals surface area contributed by atoms with Gasteiger partial charge in [0.2, 0.25) is 6.29 Å². The molecule has 1 atom stereocenters. The molecule has 2 amide bonds. The Balaban J connectivity index is 2.95. The van der Waals surface area contributed by atoms with Crippen LogP contribution in [0.1, 0.15) is 20.8 Å². The van der Waals surface area contributed by atoms with Crippen LogP contribution < -0.4 is 0 Å². The molecule has 0 bridgehead atoms. The molecule has 1 aliphatic rings. The third-order valence-electron chi connectivity index (χ3n) is 1.83. The molecule has 1 saturated heterocycles. The standard InChI is InChI=1S/C8H10NO4/c1-5(4-10)9-6(11)8(2,3)13-7(9)12/h5H,1-3H3. The lowest BCUT2D eigenvalue weighted by molar-refractivity contribution is -0.135. The average Bonchev–Trinajstić information content (AvgIpc) is 2.21. The van der Waals surface area contributed by atoms with Crippen LogP contribution in [0.25, 0.3) is 0 Å². The Hall–Kier alpha value is -1.39. The zero-order valence-electron chi connectivity index (χ0n) is 7.66. The number of nitrogens with zero attached hydrogens (tertiary/aromatic N) is 1. The number of hydrogen-bond acceptors (Lipinski definition) is 4. The predicted octanol–water partition coefficient (Wildman–Crippen LogP) is 0.242. The van der Waals surface area contributed by atoms with Gasteiger partial charge in [0.25, 0.3) is 5.91 Å². The maximum Gasteiger partial charge on any atom is 0.418 e. The van der Waals surface area contributed by atoms with Crippen molar-refractivity contribution in [2.45, 2.75) is 32.4 Å². The maximum atomic E-state index is 11.4. The second kappa shape index (κ2) is 2.83. The van der Waals surface area contributed by atoms with E-state index in [1.165, 1.54) is 20.8 Å². The molecule has 1 heterocycles. The first-order valence-electron chi connectivity index (χ1n) is 3.84. The SMILES string of the molecule is CC([C]=O)N1C(=O)OC(C)(C)C1=O. The molecule has 0 spiro atoms. The Kier molecular flexibility index (Phi) is 2.11. The number of carbonyl (C=O) groups is 2. The van der Waals surface area contributed by atoms with E-state index in [1.54, 1.807) is 6.29 Å². The van der Waals surface area contributed by atoms with E-state index in [4.69, 9.17) is 4.74 Å². The number of carbonyl (C=O) groups excluding carboxylic acids is 3. The van der Waals surface area contributed by atoms with E-state index in [0.717, 1.165) is 4.90 Å². The first kappa shape index (κ1) is 9.70. The molecule has 1 rings (SSSR count). The van der Waals surface area contributed by atoms with Gasteiger partial charge in [-0.05, 0) is 20.8 Å². The van der Waals surface area contributed by atoms with E-state index in [-0.39, 0.29) is 0 Å². The first-order valence-corrected chi connectivity index (χ1v) is 3.84. The van der Waals surface area contributed by atoms with E-state index >= 15 is 0 Å². The highest BCUT2D eigenvalue weighted by molar-refractivity contribution is 6.04. The lowest BCUT2D eigenvalue weighted by Crippen LogP contribution is -2.42. The highest BCUT2D eigenvalue weighted by Gasteiger charge is 2.49. The van der Waals surface area contributed by atoms with Crippen LogP contribution in [0.2, 0.25) is 0 Å². The minimum atomic E-state index is -1.16. The Morgan fingerprint density at radius 1 is 1.46 bits per heavy atom. The van der Waals surface area contributed by atoms with Crippen molar-refractivity contribution in [3.63, 3.8) is 0 Å². The zero-order valence-corrected chi connectivity index (χ0v) is 7.66. The van der Waals surface area contributed by atoms with Crippen molar-refractivity contribution in [1.29, 1.82) is 0 Å². The smallest absolute Gasteiger partial charge is 0.418 e. The van der Waals surface area contributed by atoms with E-state index in [0.29, 0.717) is 0 Å². The Bertz CT molecular complexity index is 271. The predicted molar refractivity (Wildman–Crippen MR) is 42.6 cm³/mol. The molecule has 0 saturated carbocycles. The third kappa shape index (κ3) is 1.41. The van der Waals surface area contributed by atoms with Crippen molar-refractivity contribution in [3.8, 4) is 0 Å². The van der Waals surface area contributed by atoms with Gasteiger partial charge in [0, 0.05) is 0 Å². The van der Waals surface area contributed by atoms with Crippen LogP contribution in [0.4, 0.5) is 4.79 Å². The van der Waals surface area contributed by atoms with Gasteiger partial charge in [-0.2, -0.15) is 0 Å². The number of rotatable bonds is 2. The van der Waals surface area contributed by atoms with Gasteiger partial charge < -0.3 is 4.74 Å². The quantitative estimate of drug-likeness (QED) is 0.616. The van der Waals surface area contributed by atoms with Gasteiger partial charge in [0.1, 0.15) is 6.04 Å². The molecule has 0 aromatic heterocycles. The summed E-state index contributed by atoms with van der Waals surface area (Å²) in [6.45, 7) is 4.36. The summed E-state index contributed by atoms with van der Waals surface area (Å²) in [4.78, 5) is 33.6. The molecule has 0 aromatic carbocycles. The Morgan fingerprint density at radius 2 is 2.00 bits per heavy atom. The number of amides is 2. The summed E-state index contributed by atoms with van der Waals surface area (Å²) >= 11 is 0. The van der Waals surface area contributed by atoms with Crippen LogP contribution in [-0.4, -0.2) is 34.8 Å². The Morgan fingerprint density at radius 3 is 2.31 bits per heavy atom. The van der Waals surface area contributed by atoms with Crippen LogP contribution >= 0.6 is 0 Å².